The van der Waals surface area contributed by atoms with E-state index in [9.17, 15) is 9.59 Å². The zero-order chi connectivity index (χ0) is 15.0. The minimum absolute atomic E-state index is 0.0164. The number of amides is 2. The van der Waals surface area contributed by atoms with Gasteiger partial charge in [-0.1, -0.05) is 34.1 Å². The summed E-state index contributed by atoms with van der Waals surface area (Å²) in [6, 6.07) is 0. The molecule has 2 aliphatic rings. The Morgan fingerprint density at radius 1 is 1.20 bits per heavy atom. The molecule has 2 rings (SSSR count). The van der Waals surface area contributed by atoms with Gasteiger partial charge in [-0.3, -0.25) is 14.9 Å². The van der Waals surface area contributed by atoms with Gasteiger partial charge in [0.15, 0.2) is 0 Å². The Balaban J connectivity index is 2.15. The Hall–Kier alpha value is -0.860. The molecule has 0 radical (unpaired) electrons. The van der Waals surface area contributed by atoms with Crippen molar-refractivity contribution in [1.82, 2.24) is 5.32 Å². The molecule has 1 aliphatic heterocycles. The van der Waals surface area contributed by atoms with Crippen molar-refractivity contribution in [2.45, 2.75) is 72.6 Å². The minimum Gasteiger partial charge on any atom is -0.296 e. The summed E-state index contributed by atoms with van der Waals surface area (Å²) >= 11 is 0. The maximum absolute atomic E-state index is 12.2. The number of piperidine rings is 1. The van der Waals surface area contributed by atoms with E-state index in [-0.39, 0.29) is 23.1 Å². The monoisotopic (exact) mass is 279 g/mol. The second kappa shape index (κ2) is 5.50. The summed E-state index contributed by atoms with van der Waals surface area (Å²) in [7, 11) is 0. The maximum Gasteiger partial charge on any atom is 0.230 e. The third kappa shape index (κ3) is 2.91. The fraction of sp³-hybridized carbons (Fsp3) is 0.882. The van der Waals surface area contributed by atoms with Crippen LogP contribution in [-0.2, 0) is 9.59 Å². The van der Waals surface area contributed by atoms with Crippen molar-refractivity contribution in [1.29, 1.82) is 0 Å². The topological polar surface area (TPSA) is 46.2 Å². The molecule has 1 saturated heterocycles. The fourth-order valence-corrected chi connectivity index (χ4v) is 4.30. The molecule has 2 fully saturated rings. The lowest BCUT2D eigenvalue weighted by atomic mass is 9.56. The van der Waals surface area contributed by atoms with E-state index in [4.69, 9.17) is 0 Å². The van der Waals surface area contributed by atoms with Crippen molar-refractivity contribution in [2.75, 3.05) is 0 Å². The first-order valence-electron chi connectivity index (χ1n) is 8.12. The van der Waals surface area contributed by atoms with Crippen LogP contribution in [0.5, 0.6) is 0 Å². The molecular formula is C17H29NO2. The van der Waals surface area contributed by atoms with Crippen LogP contribution in [0.15, 0.2) is 0 Å². The van der Waals surface area contributed by atoms with Crippen molar-refractivity contribution < 1.29 is 9.59 Å². The fourth-order valence-electron chi connectivity index (χ4n) is 4.30. The average Bonchev–Trinajstić information content (AvgIpc) is 2.33. The highest BCUT2D eigenvalue weighted by Crippen LogP contribution is 2.53. The summed E-state index contributed by atoms with van der Waals surface area (Å²) < 4.78 is 0. The second-order valence-electron chi connectivity index (χ2n) is 7.93. The summed E-state index contributed by atoms with van der Waals surface area (Å²) in [4.78, 5) is 24.1. The van der Waals surface area contributed by atoms with Gasteiger partial charge in [-0.2, -0.15) is 0 Å². The molecule has 114 valence electrons. The molecular weight excluding hydrogens is 250 g/mol. The Morgan fingerprint density at radius 2 is 1.80 bits per heavy atom. The van der Waals surface area contributed by atoms with Gasteiger partial charge < -0.3 is 0 Å². The molecule has 1 heterocycles. The number of carbonyl (C=O) groups excluding carboxylic acids is 2. The SMILES string of the molecule is CCCC1C(=O)NC(=O)CC12CCC(C(C)(C)C)CC2. The van der Waals surface area contributed by atoms with Gasteiger partial charge in [0.05, 0.1) is 0 Å². The van der Waals surface area contributed by atoms with Crippen LogP contribution in [0.2, 0.25) is 0 Å². The van der Waals surface area contributed by atoms with Crippen molar-refractivity contribution in [3.05, 3.63) is 0 Å². The zero-order valence-electron chi connectivity index (χ0n) is 13.4. The van der Waals surface area contributed by atoms with Gasteiger partial charge in [0.2, 0.25) is 11.8 Å². The lowest BCUT2D eigenvalue weighted by molar-refractivity contribution is -0.146. The van der Waals surface area contributed by atoms with Gasteiger partial charge >= 0.3 is 0 Å². The predicted octanol–water partition coefficient (Wildman–Crippen LogP) is 3.67. The molecule has 1 saturated carbocycles. The van der Waals surface area contributed by atoms with Crippen molar-refractivity contribution in [2.24, 2.45) is 22.7 Å². The summed E-state index contributed by atoms with van der Waals surface area (Å²) in [6.45, 7) is 9.03. The number of rotatable bonds is 2. The van der Waals surface area contributed by atoms with Gasteiger partial charge in [-0.15, -0.1) is 0 Å². The van der Waals surface area contributed by atoms with Crippen LogP contribution in [0, 0.1) is 22.7 Å². The van der Waals surface area contributed by atoms with Crippen molar-refractivity contribution in [3.8, 4) is 0 Å². The third-order valence-corrected chi connectivity index (χ3v) is 5.61. The van der Waals surface area contributed by atoms with Gasteiger partial charge in [0.1, 0.15) is 0 Å². The van der Waals surface area contributed by atoms with E-state index >= 15 is 0 Å². The molecule has 1 spiro atoms. The summed E-state index contributed by atoms with van der Waals surface area (Å²) in [5.74, 6) is 0.690. The first kappa shape index (κ1) is 15.5. The molecule has 3 heteroatoms. The number of hydrogen-bond donors (Lipinski definition) is 1. The molecule has 1 N–H and O–H groups in total. The summed E-state index contributed by atoms with van der Waals surface area (Å²) in [6.07, 6.45) is 6.88. The largest absolute Gasteiger partial charge is 0.296 e. The molecule has 3 nitrogen and oxygen atoms in total. The van der Waals surface area contributed by atoms with Crippen LogP contribution < -0.4 is 5.32 Å². The van der Waals surface area contributed by atoms with Gasteiger partial charge in [0.25, 0.3) is 0 Å². The van der Waals surface area contributed by atoms with E-state index < -0.39 is 0 Å². The molecule has 2 amide bonds. The Kier molecular flexibility index (Phi) is 4.27. The Labute approximate surface area is 122 Å². The number of nitrogens with one attached hydrogen (secondary N) is 1. The number of imide groups is 1. The van der Waals surface area contributed by atoms with Crippen molar-refractivity contribution in [3.63, 3.8) is 0 Å². The summed E-state index contributed by atoms with van der Waals surface area (Å²) in [5, 5.41) is 2.55. The van der Waals surface area contributed by atoms with Crippen LogP contribution in [0.4, 0.5) is 0 Å². The smallest absolute Gasteiger partial charge is 0.230 e. The maximum atomic E-state index is 12.2. The van der Waals surface area contributed by atoms with E-state index in [1.165, 1.54) is 0 Å². The number of carbonyl (C=O) groups is 2. The molecule has 0 aromatic rings. The normalized spacial score (nSPS) is 35.2. The molecule has 0 bridgehead atoms. The number of hydrogen-bond acceptors (Lipinski definition) is 2. The van der Waals surface area contributed by atoms with E-state index in [2.05, 4.69) is 33.0 Å². The predicted molar refractivity (Wildman–Crippen MR) is 80.0 cm³/mol. The average molecular weight is 279 g/mol. The van der Waals surface area contributed by atoms with Crippen molar-refractivity contribution >= 4 is 11.8 Å². The van der Waals surface area contributed by atoms with Crippen LogP contribution >= 0.6 is 0 Å². The molecule has 0 aromatic heterocycles. The quantitative estimate of drug-likeness (QED) is 0.784. The Bertz CT molecular complexity index is 386. The van der Waals surface area contributed by atoms with E-state index in [0.29, 0.717) is 11.8 Å². The second-order valence-corrected chi connectivity index (χ2v) is 7.93. The van der Waals surface area contributed by atoms with E-state index in [1.807, 2.05) is 0 Å². The lowest BCUT2D eigenvalue weighted by Crippen LogP contribution is -2.53. The highest BCUT2D eigenvalue weighted by molar-refractivity contribution is 5.99. The molecule has 1 unspecified atom stereocenters. The first-order chi connectivity index (χ1) is 9.28. The third-order valence-electron chi connectivity index (χ3n) is 5.61. The highest BCUT2D eigenvalue weighted by Gasteiger charge is 2.50. The zero-order valence-corrected chi connectivity index (χ0v) is 13.4. The Morgan fingerprint density at radius 3 is 2.30 bits per heavy atom. The first-order valence-corrected chi connectivity index (χ1v) is 8.12. The molecule has 1 atom stereocenters. The highest BCUT2D eigenvalue weighted by atomic mass is 16.2. The van der Waals surface area contributed by atoms with Crippen LogP contribution in [0.3, 0.4) is 0 Å². The standard InChI is InChI=1S/C17H29NO2/c1-5-6-13-15(20)18-14(19)11-17(13)9-7-12(8-10-17)16(2,3)4/h12-13H,5-11H2,1-4H3,(H,18,19,20). The van der Waals surface area contributed by atoms with Crippen LogP contribution in [-0.4, -0.2) is 11.8 Å². The van der Waals surface area contributed by atoms with Gasteiger partial charge in [0, 0.05) is 12.3 Å². The van der Waals surface area contributed by atoms with Crippen LogP contribution in [0.25, 0.3) is 0 Å². The van der Waals surface area contributed by atoms with Gasteiger partial charge in [-0.05, 0) is 48.9 Å². The lowest BCUT2D eigenvalue weighted by Gasteiger charge is -2.49. The van der Waals surface area contributed by atoms with Gasteiger partial charge in [-0.25, -0.2) is 0 Å². The van der Waals surface area contributed by atoms with Crippen LogP contribution in [0.1, 0.15) is 72.6 Å². The minimum atomic E-state index is -0.0587. The summed E-state index contributed by atoms with van der Waals surface area (Å²) in [5.41, 5.74) is 0.292. The van der Waals surface area contributed by atoms with E-state index in [0.717, 1.165) is 44.4 Å². The molecule has 1 aliphatic carbocycles. The molecule has 0 aromatic carbocycles. The van der Waals surface area contributed by atoms with E-state index in [1.54, 1.807) is 0 Å². The molecule has 20 heavy (non-hydrogen) atoms.